The number of carbonyl (C=O) groups excluding carboxylic acids is 2. The molecule has 1 aliphatic heterocycles. The predicted molar refractivity (Wildman–Crippen MR) is 69.1 cm³/mol. The first-order valence-corrected chi connectivity index (χ1v) is 6.29. The number of carbonyl (C=O) groups is 2. The first kappa shape index (κ1) is 14.0. The highest BCUT2D eigenvalue weighted by Gasteiger charge is 2.36. The molecule has 2 unspecified atom stereocenters. The van der Waals surface area contributed by atoms with Gasteiger partial charge in [0.2, 0.25) is 11.8 Å². The summed E-state index contributed by atoms with van der Waals surface area (Å²) in [5.41, 5.74) is 0.692. The highest BCUT2D eigenvalue weighted by molar-refractivity contribution is 6.31. The zero-order chi connectivity index (χ0) is 14.2. The monoisotopic (exact) mass is 284 g/mol. The maximum absolute atomic E-state index is 13.0. The van der Waals surface area contributed by atoms with E-state index in [1.165, 1.54) is 19.2 Å². The Kier molecular flexibility index (Phi) is 3.87. The lowest BCUT2D eigenvalue weighted by atomic mass is 10.1. The van der Waals surface area contributed by atoms with E-state index in [2.05, 4.69) is 5.32 Å². The van der Waals surface area contributed by atoms with Gasteiger partial charge in [-0.1, -0.05) is 17.7 Å². The second kappa shape index (κ2) is 5.27. The van der Waals surface area contributed by atoms with Crippen LogP contribution in [0.15, 0.2) is 18.2 Å². The third-order valence-electron chi connectivity index (χ3n) is 3.26. The molecule has 0 radical (unpaired) electrons. The Bertz CT molecular complexity index is 535. The fourth-order valence-electron chi connectivity index (χ4n) is 2.13. The van der Waals surface area contributed by atoms with Gasteiger partial charge in [-0.3, -0.25) is 19.8 Å². The number of rotatable bonds is 3. The highest BCUT2D eigenvalue weighted by atomic mass is 35.5. The summed E-state index contributed by atoms with van der Waals surface area (Å²) in [5, 5.41) is 3.34. The molecule has 0 bridgehead atoms. The van der Waals surface area contributed by atoms with E-state index in [9.17, 15) is 14.0 Å². The van der Waals surface area contributed by atoms with Crippen molar-refractivity contribution in [2.75, 3.05) is 7.05 Å². The normalized spacial score (nSPS) is 21.1. The van der Waals surface area contributed by atoms with Crippen molar-refractivity contribution in [2.45, 2.75) is 25.4 Å². The van der Waals surface area contributed by atoms with Crippen molar-refractivity contribution in [1.29, 1.82) is 0 Å². The molecule has 1 saturated heterocycles. The topological polar surface area (TPSA) is 49.4 Å². The standard InChI is InChI=1S/C13H14ClFN2O2/c1-7(9-4-3-8(15)5-10(9)14)16-11-6-12(18)17(2)13(11)19/h3-5,7,11,16H,6H2,1-2H3. The molecule has 6 heteroatoms. The van der Waals surface area contributed by atoms with E-state index in [1.54, 1.807) is 6.07 Å². The van der Waals surface area contributed by atoms with Crippen LogP contribution in [0.25, 0.3) is 0 Å². The van der Waals surface area contributed by atoms with Gasteiger partial charge in [-0.05, 0) is 24.6 Å². The van der Waals surface area contributed by atoms with Gasteiger partial charge in [0.1, 0.15) is 5.82 Å². The molecule has 1 aromatic carbocycles. The average Bonchev–Trinajstić information content (AvgIpc) is 2.57. The number of halogens is 2. The quantitative estimate of drug-likeness (QED) is 0.863. The van der Waals surface area contributed by atoms with E-state index in [4.69, 9.17) is 11.6 Å². The molecular weight excluding hydrogens is 271 g/mol. The largest absolute Gasteiger partial charge is 0.299 e. The van der Waals surface area contributed by atoms with Crippen molar-refractivity contribution < 1.29 is 14.0 Å². The van der Waals surface area contributed by atoms with Crippen LogP contribution in [0.4, 0.5) is 4.39 Å². The zero-order valence-corrected chi connectivity index (χ0v) is 11.4. The van der Waals surface area contributed by atoms with Crippen LogP contribution in [0.3, 0.4) is 0 Å². The molecular formula is C13H14ClFN2O2. The molecule has 0 spiro atoms. The van der Waals surface area contributed by atoms with Crippen molar-refractivity contribution >= 4 is 23.4 Å². The average molecular weight is 285 g/mol. The number of hydrogen-bond donors (Lipinski definition) is 1. The molecule has 1 aromatic rings. The lowest BCUT2D eigenvalue weighted by Crippen LogP contribution is -2.38. The third-order valence-corrected chi connectivity index (χ3v) is 3.59. The molecule has 2 amide bonds. The molecule has 0 aliphatic carbocycles. The smallest absolute Gasteiger partial charge is 0.246 e. The molecule has 1 N–H and O–H groups in total. The van der Waals surface area contributed by atoms with E-state index >= 15 is 0 Å². The van der Waals surface area contributed by atoms with Gasteiger partial charge in [-0.15, -0.1) is 0 Å². The Morgan fingerprint density at radius 1 is 1.47 bits per heavy atom. The Morgan fingerprint density at radius 2 is 2.16 bits per heavy atom. The number of likely N-dealkylation sites (tertiary alicyclic amines) is 1. The SMILES string of the molecule is CC(NC1CC(=O)N(C)C1=O)c1ccc(F)cc1Cl. The van der Waals surface area contributed by atoms with Crippen LogP contribution < -0.4 is 5.32 Å². The minimum absolute atomic E-state index is 0.137. The zero-order valence-electron chi connectivity index (χ0n) is 10.6. The number of likely N-dealkylation sites (N-methyl/N-ethyl adjacent to an activating group) is 1. The fourth-order valence-corrected chi connectivity index (χ4v) is 2.46. The van der Waals surface area contributed by atoms with E-state index in [0.29, 0.717) is 10.6 Å². The van der Waals surface area contributed by atoms with Crippen LogP contribution in [0.5, 0.6) is 0 Å². The van der Waals surface area contributed by atoms with E-state index in [0.717, 1.165) is 4.90 Å². The molecule has 0 saturated carbocycles. The highest BCUT2D eigenvalue weighted by Crippen LogP contribution is 2.25. The second-order valence-corrected chi connectivity index (χ2v) is 5.01. The van der Waals surface area contributed by atoms with Gasteiger partial charge in [0.15, 0.2) is 0 Å². The van der Waals surface area contributed by atoms with Crippen LogP contribution in [0, 0.1) is 5.82 Å². The number of nitrogens with zero attached hydrogens (tertiary/aromatic N) is 1. The Morgan fingerprint density at radius 3 is 2.68 bits per heavy atom. The van der Waals surface area contributed by atoms with Crippen LogP contribution >= 0.6 is 11.6 Å². The summed E-state index contributed by atoms with van der Waals surface area (Å²) in [6, 6.07) is 3.31. The Balaban J connectivity index is 2.11. The lowest BCUT2D eigenvalue weighted by molar-refractivity contribution is -0.137. The molecule has 1 aliphatic rings. The molecule has 2 rings (SSSR count). The van der Waals surface area contributed by atoms with E-state index in [1.807, 2.05) is 6.92 Å². The summed E-state index contributed by atoms with van der Waals surface area (Å²) in [7, 11) is 1.46. The lowest BCUT2D eigenvalue weighted by Gasteiger charge is -2.19. The second-order valence-electron chi connectivity index (χ2n) is 4.60. The van der Waals surface area contributed by atoms with Gasteiger partial charge in [0, 0.05) is 18.1 Å². The summed E-state index contributed by atoms with van der Waals surface area (Å²) in [4.78, 5) is 24.3. The maximum Gasteiger partial charge on any atom is 0.246 e. The molecule has 1 heterocycles. The summed E-state index contributed by atoms with van der Waals surface area (Å²) in [5.74, 6) is -0.872. The number of imide groups is 1. The molecule has 1 fully saturated rings. The third kappa shape index (κ3) is 2.77. The van der Waals surface area contributed by atoms with Crippen LogP contribution in [0.1, 0.15) is 24.9 Å². The van der Waals surface area contributed by atoms with Crippen LogP contribution in [0.2, 0.25) is 5.02 Å². The number of benzene rings is 1. The summed E-state index contributed by atoms with van der Waals surface area (Å²) < 4.78 is 13.0. The van der Waals surface area contributed by atoms with Gasteiger partial charge in [-0.25, -0.2) is 4.39 Å². The van der Waals surface area contributed by atoms with E-state index < -0.39 is 11.9 Å². The number of hydrogen-bond acceptors (Lipinski definition) is 3. The van der Waals surface area contributed by atoms with Crippen molar-refractivity contribution in [3.05, 3.63) is 34.6 Å². The summed E-state index contributed by atoms with van der Waals surface area (Å²) in [6.07, 6.45) is 0.137. The van der Waals surface area contributed by atoms with Crippen LogP contribution in [-0.2, 0) is 9.59 Å². The molecule has 4 nitrogen and oxygen atoms in total. The number of amides is 2. The summed E-state index contributed by atoms with van der Waals surface area (Å²) in [6.45, 7) is 1.81. The Hall–Kier alpha value is -1.46. The Labute approximate surface area is 115 Å². The van der Waals surface area contributed by atoms with Gasteiger partial charge in [-0.2, -0.15) is 0 Å². The molecule has 102 valence electrons. The van der Waals surface area contributed by atoms with Gasteiger partial charge in [0.05, 0.1) is 12.5 Å². The van der Waals surface area contributed by atoms with Crippen molar-refractivity contribution in [1.82, 2.24) is 10.2 Å². The van der Waals surface area contributed by atoms with Crippen molar-refractivity contribution in [3.63, 3.8) is 0 Å². The van der Waals surface area contributed by atoms with Gasteiger partial charge < -0.3 is 0 Å². The molecule has 0 aromatic heterocycles. The van der Waals surface area contributed by atoms with Crippen molar-refractivity contribution in [2.24, 2.45) is 0 Å². The van der Waals surface area contributed by atoms with Gasteiger partial charge >= 0.3 is 0 Å². The molecule has 19 heavy (non-hydrogen) atoms. The minimum Gasteiger partial charge on any atom is -0.299 e. The van der Waals surface area contributed by atoms with Crippen molar-refractivity contribution in [3.8, 4) is 0 Å². The van der Waals surface area contributed by atoms with E-state index in [-0.39, 0.29) is 24.3 Å². The predicted octanol–water partition coefficient (Wildman–Crippen LogP) is 1.89. The van der Waals surface area contributed by atoms with Gasteiger partial charge in [0.25, 0.3) is 0 Å². The first-order valence-electron chi connectivity index (χ1n) is 5.91. The fraction of sp³-hybridized carbons (Fsp3) is 0.385. The van der Waals surface area contributed by atoms with Crippen LogP contribution in [-0.4, -0.2) is 29.8 Å². The maximum atomic E-state index is 13.0. The minimum atomic E-state index is -0.548. The first-order chi connectivity index (χ1) is 8.90. The summed E-state index contributed by atoms with van der Waals surface area (Å²) >= 11 is 5.96. The molecule has 2 atom stereocenters. The number of nitrogens with one attached hydrogen (secondary N) is 1.